The Hall–Kier alpha value is -2.69. The molecule has 1 N–H and O–H groups in total. The van der Waals surface area contributed by atoms with Crippen molar-refractivity contribution in [1.82, 2.24) is 0 Å². The molecule has 3 rings (SSSR count). The Morgan fingerprint density at radius 2 is 1.90 bits per heavy atom. The lowest BCUT2D eigenvalue weighted by atomic mass is 10.1. The largest absolute Gasteiger partial charge is 0.508 e. The number of phenolic OH excluding ortho intramolecular Hbond substituents is 1. The van der Waals surface area contributed by atoms with Gasteiger partial charge in [-0.2, -0.15) is 0 Å². The fourth-order valence-electron chi connectivity index (χ4n) is 1.94. The van der Waals surface area contributed by atoms with Crippen LogP contribution < -0.4 is 4.74 Å². The normalized spacial score (nSPS) is 15.3. The topological polar surface area (TPSA) is 46.5 Å². The van der Waals surface area contributed by atoms with Crippen molar-refractivity contribution in [3.8, 4) is 11.5 Å². The lowest BCUT2D eigenvalue weighted by Crippen LogP contribution is -1.98. The van der Waals surface area contributed by atoms with Crippen molar-refractivity contribution in [2.24, 2.45) is 0 Å². The molecule has 5 heteroatoms. The first-order valence-corrected chi connectivity index (χ1v) is 5.77. The number of benzene rings is 2. The molecular formula is C15H8F2O3. The summed E-state index contributed by atoms with van der Waals surface area (Å²) in [5.41, 5.74) is 0.336. The minimum Gasteiger partial charge on any atom is -0.508 e. The minimum atomic E-state index is -0.785. The average Bonchev–Trinajstić information content (AvgIpc) is 2.69. The molecule has 1 aliphatic rings. The number of phenols is 1. The van der Waals surface area contributed by atoms with Gasteiger partial charge in [-0.05, 0) is 30.3 Å². The van der Waals surface area contributed by atoms with Gasteiger partial charge in [0.15, 0.2) is 5.76 Å². The third kappa shape index (κ3) is 2.03. The SMILES string of the molecule is O=C1/C(=C/c2ccc(F)cc2F)Oc2cc(O)ccc21. The van der Waals surface area contributed by atoms with Crippen LogP contribution in [0, 0.1) is 11.6 Å². The Morgan fingerprint density at radius 3 is 2.65 bits per heavy atom. The second kappa shape index (κ2) is 4.45. The highest BCUT2D eigenvalue weighted by Gasteiger charge is 2.27. The molecule has 20 heavy (non-hydrogen) atoms. The third-order valence-electron chi connectivity index (χ3n) is 2.90. The second-order valence-electron chi connectivity index (χ2n) is 4.29. The molecule has 0 bridgehead atoms. The molecule has 0 saturated carbocycles. The van der Waals surface area contributed by atoms with Crippen LogP contribution >= 0.6 is 0 Å². The van der Waals surface area contributed by atoms with Crippen LogP contribution in [0.25, 0.3) is 6.08 Å². The first-order chi connectivity index (χ1) is 9.54. The van der Waals surface area contributed by atoms with E-state index in [-0.39, 0.29) is 28.4 Å². The summed E-state index contributed by atoms with van der Waals surface area (Å²) in [6.07, 6.45) is 1.20. The third-order valence-corrected chi connectivity index (χ3v) is 2.90. The highest BCUT2D eigenvalue weighted by atomic mass is 19.1. The Morgan fingerprint density at radius 1 is 1.10 bits per heavy atom. The number of hydrogen-bond donors (Lipinski definition) is 1. The van der Waals surface area contributed by atoms with E-state index in [1.807, 2.05) is 0 Å². The maximum Gasteiger partial charge on any atom is 0.231 e. The van der Waals surface area contributed by atoms with Crippen molar-refractivity contribution in [2.75, 3.05) is 0 Å². The Balaban J connectivity index is 2.01. The van der Waals surface area contributed by atoms with Crippen LogP contribution in [0.3, 0.4) is 0 Å². The number of hydrogen-bond acceptors (Lipinski definition) is 3. The highest BCUT2D eigenvalue weighted by Crippen LogP contribution is 2.34. The Labute approximate surface area is 112 Å². The summed E-state index contributed by atoms with van der Waals surface area (Å²) in [7, 11) is 0. The smallest absolute Gasteiger partial charge is 0.231 e. The van der Waals surface area contributed by atoms with E-state index >= 15 is 0 Å². The zero-order valence-corrected chi connectivity index (χ0v) is 10.1. The molecule has 0 spiro atoms. The lowest BCUT2D eigenvalue weighted by molar-refractivity contribution is 0.101. The maximum atomic E-state index is 13.5. The zero-order chi connectivity index (χ0) is 14.3. The quantitative estimate of drug-likeness (QED) is 0.812. The summed E-state index contributed by atoms with van der Waals surface area (Å²) >= 11 is 0. The van der Waals surface area contributed by atoms with E-state index < -0.39 is 17.4 Å². The number of carbonyl (C=O) groups excluding carboxylic acids is 1. The first-order valence-electron chi connectivity index (χ1n) is 5.77. The first kappa shape index (κ1) is 12.3. The number of Topliss-reactive ketones (excluding diaryl/α,β-unsaturated/α-hetero) is 1. The van der Waals surface area contributed by atoms with Crippen LogP contribution in [-0.4, -0.2) is 10.9 Å². The van der Waals surface area contributed by atoms with Gasteiger partial charge in [0.2, 0.25) is 5.78 Å². The van der Waals surface area contributed by atoms with Gasteiger partial charge in [-0.3, -0.25) is 4.79 Å². The molecule has 0 fully saturated rings. The molecule has 0 unspecified atom stereocenters. The summed E-state index contributed by atoms with van der Waals surface area (Å²) in [5, 5.41) is 9.32. The summed E-state index contributed by atoms with van der Waals surface area (Å²) in [6, 6.07) is 7.12. The lowest BCUT2D eigenvalue weighted by Gasteiger charge is -2.00. The van der Waals surface area contributed by atoms with E-state index in [9.17, 15) is 18.7 Å². The van der Waals surface area contributed by atoms with Crippen LogP contribution in [0.2, 0.25) is 0 Å². The highest BCUT2D eigenvalue weighted by molar-refractivity contribution is 6.14. The van der Waals surface area contributed by atoms with Gasteiger partial charge in [-0.1, -0.05) is 0 Å². The molecule has 3 nitrogen and oxygen atoms in total. The molecule has 0 atom stereocenters. The van der Waals surface area contributed by atoms with Crippen LogP contribution in [0.1, 0.15) is 15.9 Å². The summed E-state index contributed by atoms with van der Waals surface area (Å²) in [4.78, 5) is 12.0. The monoisotopic (exact) mass is 274 g/mol. The Kier molecular flexibility index (Phi) is 2.75. The molecule has 1 heterocycles. The molecule has 0 saturated heterocycles. The van der Waals surface area contributed by atoms with Gasteiger partial charge < -0.3 is 9.84 Å². The predicted octanol–water partition coefficient (Wildman–Crippen LogP) is 3.29. The van der Waals surface area contributed by atoms with E-state index in [2.05, 4.69) is 0 Å². The molecule has 0 aliphatic carbocycles. The summed E-state index contributed by atoms with van der Waals surface area (Å²) < 4.78 is 31.6. The predicted molar refractivity (Wildman–Crippen MR) is 67.4 cm³/mol. The fraction of sp³-hybridized carbons (Fsp3) is 0. The van der Waals surface area contributed by atoms with Crippen LogP contribution in [-0.2, 0) is 0 Å². The fourth-order valence-corrected chi connectivity index (χ4v) is 1.94. The van der Waals surface area contributed by atoms with E-state index in [0.29, 0.717) is 0 Å². The molecule has 1 aliphatic heterocycles. The summed E-state index contributed by atoms with van der Waals surface area (Å²) in [5.74, 6) is -1.79. The number of halogens is 2. The van der Waals surface area contributed by atoms with Crippen molar-refractivity contribution in [2.45, 2.75) is 0 Å². The maximum absolute atomic E-state index is 13.5. The van der Waals surface area contributed by atoms with E-state index in [0.717, 1.165) is 12.1 Å². The van der Waals surface area contributed by atoms with E-state index in [1.165, 1.54) is 30.3 Å². The standard InChI is InChI=1S/C15H8F2O3/c16-9-2-1-8(12(17)6-9)5-14-15(19)11-4-3-10(18)7-13(11)20-14/h1-7,18H/b14-5-. The number of ether oxygens (including phenoxy) is 1. The van der Waals surface area contributed by atoms with Crippen LogP contribution in [0.15, 0.2) is 42.2 Å². The number of fused-ring (bicyclic) bond motifs is 1. The zero-order valence-electron chi connectivity index (χ0n) is 10.1. The van der Waals surface area contributed by atoms with Gasteiger partial charge in [-0.25, -0.2) is 8.78 Å². The van der Waals surface area contributed by atoms with Gasteiger partial charge in [0, 0.05) is 17.7 Å². The van der Waals surface area contributed by atoms with Crippen molar-refractivity contribution in [3.05, 3.63) is 64.9 Å². The Bertz CT molecular complexity index is 751. The molecule has 0 aromatic heterocycles. The molecule has 2 aromatic carbocycles. The van der Waals surface area contributed by atoms with Crippen molar-refractivity contribution < 1.29 is 23.4 Å². The van der Waals surface area contributed by atoms with Crippen molar-refractivity contribution in [1.29, 1.82) is 0 Å². The van der Waals surface area contributed by atoms with Gasteiger partial charge in [0.05, 0.1) is 5.56 Å². The van der Waals surface area contributed by atoms with Crippen LogP contribution in [0.5, 0.6) is 11.5 Å². The molecule has 100 valence electrons. The molecule has 2 aromatic rings. The number of aromatic hydroxyl groups is 1. The molecular weight excluding hydrogens is 266 g/mol. The summed E-state index contributed by atoms with van der Waals surface area (Å²) in [6.45, 7) is 0. The van der Waals surface area contributed by atoms with Crippen molar-refractivity contribution >= 4 is 11.9 Å². The number of rotatable bonds is 1. The number of ketones is 1. The van der Waals surface area contributed by atoms with E-state index in [4.69, 9.17) is 4.74 Å². The number of allylic oxidation sites excluding steroid dienone is 1. The minimum absolute atomic E-state index is 0.0363. The second-order valence-corrected chi connectivity index (χ2v) is 4.29. The van der Waals surface area contributed by atoms with Crippen molar-refractivity contribution in [3.63, 3.8) is 0 Å². The number of carbonyl (C=O) groups is 1. The average molecular weight is 274 g/mol. The van der Waals surface area contributed by atoms with Gasteiger partial charge >= 0.3 is 0 Å². The van der Waals surface area contributed by atoms with Gasteiger partial charge in [0.1, 0.15) is 23.1 Å². The molecule has 0 amide bonds. The van der Waals surface area contributed by atoms with Gasteiger partial charge in [-0.15, -0.1) is 0 Å². The molecule has 0 radical (unpaired) electrons. The van der Waals surface area contributed by atoms with Gasteiger partial charge in [0.25, 0.3) is 0 Å². The van der Waals surface area contributed by atoms with Crippen LogP contribution in [0.4, 0.5) is 8.78 Å². The van der Waals surface area contributed by atoms with E-state index in [1.54, 1.807) is 0 Å².